The van der Waals surface area contributed by atoms with Gasteiger partial charge in [-0.15, -0.1) is 11.8 Å². The van der Waals surface area contributed by atoms with Gasteiger partial charge in [0.1, 0.15) is 18.9 Å². The van der Waals surface area contributed by atoms with E-state index < -0.39 is 26.5 Å². The van der Waals surface area contributed by atoms with Crippen molar-refractivity contribution in [3.8, 4) is 22.6 Å². The largest absolute Gasteiger partial charge is 0.486 e. The standard InChI is InChI=1S/C42H41N5O7S2/c48-42(44-56(51,52)35-14-15-37(39(26-35)47(49)50)43-18-23-55-34-7-2-1-3-8-34)31-11-16-38-30(24-31)10-13-33-28-45(19-20-46(33)38)27-32-6-4-5-9-36(32)29-12-17-40-41(25-29)54-22-21-53-40/h1-9,11-12,14-17,24-26,33,43H,10,13,18-23,27-28H2,(H,44,48). The summed E-state index contributed by atoms with van der Waals surface area (Å²) in [7, 11) is -4.40. The fourth-order valence-corrected chi connectivity index (χ4v) is 9.42. The monoisotopic (exact) mass is 791 g/mol. The van der Waals surface area contributed by atoms with Crippen molar-refractivity contribution >= 4 is 44.8 Å². The molecule has 56 heavy (non-hydrogen) atoms. The number of hydrogen-bond donors (Lipinski definition) is 2. The van der Waals surface area contributed by atoms with E-state index in [1.165, 1.54) is 23.3 Å². The summed E-state index contributed by atoms with van der Waals surface area (Å²) in [5, 5.41) is 14.9. The lowest BCUT2D eigenvalue weighted by Crippen LogP contribution is -2.54. The Labute approximate surface area is 330 Å². The number of thioether (sulfide) groups is 1. The number of piperazine rings is 1. The van der Waals surface area contributed by atoms with E-state index >= 15 is 0 Å². The van der Waals surface area contributed by atoms with Crippen molar-refractivity contribution in [3.05, 3.63) is 136 Å². The maximum absolute atomic E-state index is 13.3. The quantitative estimate of drug-likeness (QED) is 0.0584. The van der Waals surface area contributed by atoms with Gasteiger partial charge in [0.15, 0.2) is 11.5 Å². The SMILES string of the molecule is O=C(NS(=O)(=O)c1ccc(NCCSc2ccccc2)c([N+](=O)[O-])c1)c1ccc2c(c1)CCC1CN(Cc3ccccc3-c3ccc4c(c3)OCCO4)CCN21. The van der Waals surface area contributed by atoms with E-state index in [2.05, 4.69) is 56.2 Å². The van der Waals surface area contributed by atoms with Crippen LogP contribution in [0.5, 0.6) is 11.5 Å². The third kappa shape index (κ3) is 8.18. The van der Waals surface area contributed by atoms with Crippen molar-refractivity contribution < 1.29 is 27.6 Å². The maximum Gasteiger partial charge on any atom is 0.293 e. The fourth-order valence-electron chi connectivity index (χ4n) is 7.64. The van der Waals surface area contributed by atoms with Gasteiger partial charge < -0.3 is 19.7 Å². The molecule has 5 aromatic carbocycles. The van der Waals surface area contributed by atoms with Crippen LogP contribution in [0.1, 0.15) is 27.9 Å². The first-order valence-corrected chi connectivity index (χ1v) is 21.1. The number of aryl methyl sites for hydroxylation is 1. The van der Waals surface area contributed by atoms with E-state index in [9.17, 15) is 23.3 Å². The van der Waals surface area contributed by atoms with E-state index in [-0.39, 0.29) is 16.1 Å². The first-order valence-electron chi connectivity index (χ1n) is 18.6. The molecule has 1 fully saturated rings. The first-order chi connectivity index (χ1) is 27.2. The summed E-state index contributed by atoms with van der Waals surface area (Å²) in [5.41, 5.74) is 5.57. The molecule has 1 unspecified atom stereocenters. The Morgan fingerprint density at radius 1 is 0.893 bits per heavy atom. The molecule has 1 saturated heterocycles. The van der Waals surface area contributed by atoms with Crippen LogP contribution in [0.15, 0.2) is 119 Å². The summed E-state index contributed by atoms with van der Waals surface area (Å²) in [6.07, 6.45) is 1.64. The normalized spacial score (nSPS) is 16.4. The summed E-state index contributed by atoms with van der Waals surface area (Å²) in [4.78, 5) is 30.2. The smallest absolute Gasteiger partial charge is 0.293 e. The molecule has 0 saturated carbocycles. The third-order valence-corrected chi connectivity index (χ3v) is 12.7. The number of hydrogen-bond acceptors (Lipinski definition) is 11. The molecule has 3 heterocycles. The second-order valence-electron chi connectivity index (χ2n) is 13.9. The summed E-state index contributed by atoms with van der Waals surface area (Å²) >= 11 is 1.60. The molecule has 8 rings (SSSR count). The van der Waals surface area contributed by atoms with Crippen LogP contribution in [0.3, 0.4) is 0 Å². The minimum absolute atomic E-state index is 0.198. The molecule has 0 bridgehead atoms. The molecule has 1 atom stereocenters. The van der Waals surface area contributed by atoms with Crippen molar-refractivity contribution in [3.63, 3.8) is 0 Å². The van der Waals surface area contributed by atoms with Gasteiger partial charge in [-0.3, -0.25) is 19.8 Å². The Bertz CT molecular complexity index is 2380. The van der Waals surface area contributed by atoms with Gasteiger partial charge in [0.05, 0.1) is 9.82 Å². The Balaban J connectivity index is 0.895. The van der Waals surface area contributed by atoms with Gasteiger partial charge in [-0.25, -0.2) is 13.1 Å². The first kappa shape index (κ1) is 37.4. The molecule has 5 aromatic rings. The van der Waals surface area contributed by atoms with Crippen molar-refractivity contribution in [1.29, 1.82) is 0 Å². The van der Waals surface area contributed by atoms with Gasteiger partial charge in [0.2, 0.25) is 0 Å². The summed E-state index contributed by atoms with van der Waals surface area (Å²) in [6.45, 7) is 4.91. The second-order valence-corrected chi connectivity index (χ2v) is 16.8. The minimum Gasteiger partial charge on any atom is -0.486 e. The van der Waals surface area contributed by atoms with Gasteiger partial charge in [0, 0.05) is 66.7 Å². The highest BCUT2D eigenvalue weighted by molar-refractivity contribution is 7.99. The van der Waals surface area contributed by atoms with E-state index in [1.54, 1.807) is 23.9 Å². The molecule has 3 aliphatic rings. The van der Waals surface area contributed by atoms with E-state index in [4.69, 9.17) is 9.47 Å². The highest BCUT2D eigenvalue weighted by Crippen LogP contribution is 2.37. The zero-order chi connectivity index (χ0) is 38.6. The molecule has 3 aliphatic heterocycles. The molecular weight excluding hydrogens is 751 g/mol. The Hall–Kier alpha value is -5.57. The highest BCUT2D eigenvalue weighted by Gasteiger charge is 2.33. The topological polar surface area (TPSA) is 143 Å². The van der Waals surface area contributed by atoms with Crippen LogP contribution in [0.2, 0.25) is 0 Å². The van der Waals surface area contributed by atoms with Crippen LogP contribution in [-0.2, 0) is 23.0 Å². The average molecular weight is 792 g/mol. The molecule has 14 heteroatoms. The van der Waals surface area contributed by atoms with Crippen LogP contribution in [-0.4, -0.2) is 75.3 Å². The molecule has 1 amide bonds. The number of ether oxygens (including phenoxy) is 2. The van der Waals surface area contributed by atoms with Crippen LogP contribution in [0.4, 0.5) is 17.1 Å². The molecule has 12 nitrogen and oxygen atoms in total. The fraction of sp³-hybridized carbons (Fsp3) is 0.262. The zero-order valence-corrected chi connectivity index (χ0v) is 32.2. The van der Waals surface area contributed by atoms with Crippen LogP contribution in [0.25, 0.3) is 11.1 Å². The van der Waals surface area contributed by atoms with Gasteiger partial charge in [0.25, 0.3) is 21.6 Å². The lowest BCUT2D eigenvalue weighted by molar-refractivity contribution is -0.384. The summed E-state index contributed by atoms with van der Waals surface area (Å²) in [5.74, 6) is 1.40. The van der Waals surface area contributed by atoms with Crippen molar-refractivity contribution in [2.45, 2.75) is 35.2 Å². The number of nitro groups is 1. The van der Waals surface area contributed by atoms with Crippen molar-refractivity contribution in [2.24, 2.45) is 0 Å². The van der Waals surface area contributed by atoms with Crippen molar-refractivity contribution in [1.82, 2.24) is 9.62 Å². The van der Waals surface area contributed by atoms with Gasteiger partial charge in [-0.05, 0) is 89.7 Å². The Kier molecular flexibility index (Phi) is 10.9. The number of sulfonamides is 1. The molecule has 2 N–H and O–H groups in total. The van der Waals surface area contributed by atoms with Crippen LogP contribution >= 0.6 is 11.8 Å². The number of fused-ring (bicyclic) bond motifs is 4. The number of anilines is 2. The van der Waals surface area contributed by atoms with Crippen LogP contribution in [0, 0.1) is 10.1 Å². The molecule has 0 spiro atoms. The van der Waals surface area contributed by atoms with Gasteiger partial charge in [-0.1, -0.05) is 48.5 Å². The Morgan fingerprint density at radius 3 is 2.54 bits per heavy atom. The zero-order valence-electron chi connectivity index (χ0n) is 30.6. The average Bonchev–Trinajstić information content (AvgIpc) is 3.22. The Morgan fingerprint density at radius 2 is 1.70 bits per heavy atom. The number of nitrogens with zero attached hydrogens (tertiary/aromatic N) is 3. The number of nitrogens with one attached hydrogen (secondary N) is 2. The molecule has 0 radical (unpaired) electrons. The number of carbonyl (C=O) groups is 1. The predicted molar refractivity (Wildman–Crippen MR) is 217 cm³/mol. The van der Waals surface area contributed by atoms with Gasteiger partial charge in [-0.2, -0.15) is 0 Å². The summed E-state index contributed by atoms with van der Waals surface area (Å²) in [6, 6.07) is 33.6. The lowest BCUT2D eigenvalue weighted by atomic mass is 9.92. The van der Waals surface area contributed by atoms with E-state index in [0.29, 0.717) is 31.6 Å². The number of nitro benzene ring substituents is 1. The number of amides is 1. The highest BCUT2D eigenvalue weighted by atomic mass is 32.2. The molecular formula is C42H41N5O7S2. The number of rotatable bonds is 12. The number of carbonyl (C=O) groups excluding carboxylic acids is 1. The third-order valence-electron chi connectivity index (χ3n) is 10.4. The van der Waals surface area contributed by atoms with Gasteiger partial charge >= 0.3 is 0 Å². The predicted octanol–water partition coefficient (Wildman–Crippen LogP) is 6.99. The molecule has 0 aliphatic carbocycles. The van der Waals surface area contributed by atoms with E-state index in [1.807, 2.05) is 42.5 Å². The minimum atomic E-state index is -4.40. The summed E-state index contributed by atoms with van der Waals surface area (Å²) < 4.78 is 40.3. The lowest BCUT2D eigenvalue weighted by Gasteiger charge is -2.46. The van der Waals surface area contributed by atoms with E-state index in [0.717, 1.165) is 78.3 Å². The number of benzene rings is 5. The maximum atomic E-state index is 13.3. The van der Waals surface area contributed by atoms with Crippen molar-refractivity contribution in [2.75, 3.05) is 55.4 Å². The molecule has 288 valence electrons. The second kappa shape index (κ2) is 16.3. The van der Waals surface area contributed by atoms with Crippen LogP contribution < -0.4 is 24.4 Å². The molecule has 0 aromatic heterocycles.